The van der Waals surface area contributed by atoms with Crippen LogP contribution in [0.2, 0.25) is 0 Å². The number of hydrogen-bond acceptors (Lipinski definition) is 3. The van der Waals surface area contributed by atoms with Crippen LogP contribution in [0.4, 0.5) is 5.69 Å². The van der Waals surface area contributed by atoms with Gasteiger partial charge in [0.15, 0.2) is 0 Å². The van der Waals surface area contributed by atoms with Crippen LogP contribution in [-0.2, 0) is 0 Å². The number of carbonyl (C=O) groups is 1. The molecule has 4 nitrogen and oxygen atoms in total. The molecule has 18 heavy (non-hydrogen) atoms. The number of aryl methyl sites for hydroxylation is 2. The largest absolute Gasteiger partial charge is 0.322 e. The standard InChI is InChI=1S/C14H15N3O/c1-9-5-4-6-13(10(9)2)17-14(18)12-7-15-8-16-11(12)3/h4-8H,1-3H3,(H,17,18). The fraction of sp³-hybridized carbons (Fsp3) is 0.214. The fourth-order valence-electron chi connectivity index (χ4n) is 1.69. The van der Waals surface area contributed by atoms with Crippen molar-refractivity contribution in [3.63, 3.8) is 0 Å². The molecule has 0 aliphatic carbocycles. The second kappa shape index (κ2) is 4.96. The molecule has 2 rings (SSSR count). The zero-order valence-corrected chi connectivity index (χ0v) is 10.7. The van der Waals surface area contributed by atoms with E-state index in [0.717, 1.165) is 16.8 Å². The topological polar surface area (TPSA) is 54.9 Å². The molecule has 0 radical (unpaired) electrons. The highest BCUT2D eigenvalue weighted by Gasteiger charge is 2.11. The molecule has 1 aromatic heterocycles. The minimum atomic E-state index is -0.179. The van der Waals surface area contributed by atoms with Crippen LogP contribution in [0, 0.1) is 20.8 Å². The molecular formula is C14H15N3O. The molecule has 92 valence electrons. The molecule has 0 atom stereocenters. The Kier molecular flexibility index (Phi) is 3.37. The van der Waals surface area contributed by atoms with Gasteiger partial charge in [-0.25, -0.2) is 9.97 Å². The number of hydrogen-bond donors (Lipinski definition) is 1. The maximum atomic E-state index is 12.1. The van der Waals surface area contributed by atoms with Gasteiger partial charge in [0.25, 0.3) is 5.91 Å². The van der Waals surface area contributed by atoms with E-state index in [2.05, 4.69) is 15.3 Å². The summed E-state index contributed by atoms with van der Waals surface area (Å²) in [4.78, 5) is 20.0. The lowest BCUT2D eigenvalue weighted by atomic mass is 10.1. The summed E-state index contributed by atoms with van der Waals surface area (Å²) in [5.41, 5.74) is 4.21. The first kappa shape index (κ1) is 12.2. The SMILES string of the molecule is Cc1cccc(NC(=O)c2cncnc2C)c1C. The smallest absolute Gasteiger partial charge is 0.259 e. The summed E-state index contributed by atoms with van der Waals surface area (Å²) < 4.78 is 0. The quantitative estimate of drug-likeness (QED) is 0.879. The maximum absolute atomic E-state index is 12.1. The molecule has 4 heteroatoms. The number of aromatic nitrogens is 2. The van der Waals surface area contributed by atoms with Crippen LogP contribution in [0.15, 0.2) is 30.7 Å². The third-order valence-corrected chi connectivity index (χ3v) is 3.01. The van der Waals surface area contributed by atoms with Crippen molar-refractivity contribution in [2.24, 2.45) is 0 Å². The van der Waals surface area contributed by atoms with Crippen molar-refractivity contribution >= 4 is 11.6 Å². The Hall–Kier alpha value is -2.23. The number of rotatable bonds is 2. The molecule has 0 saturated carbocycles. The van der Waals surface area contributed by atoms with Crippen LogP contribution >= 0.6 is 0 Å². The summed E-state index contributed by atoms with van der Waals surface area (Å²) in [6, 6.07) is 5.83. The van der Waals surface area contributed by atoms with Crippen molar-refractivity contribution in [2.45, 2.75) is 20.8 Å². The molecule has 1 amide bonds. The van der Waals surface area contributed by atoms with Gasteiger partial charge in [-0.1, -0.05) is 12.1 Å². The van der Waals surface area contributed by atoms with Gasteiger partial charge in [-0.3, -0.25) is 4.79 Å². The highest BCUT2D eigenvalue weighted by Crippen LogP contribution is 2.19. The van der Waals surface area contributed by atoms with E-state index in [0.29, 0.717) is 11.3 Å². The number of anilines is 1. The molecular weight excluding hydrogens is 226 g/mol. The van der Waals surface area contributed by atoms with Crippen LogP contribution in [0.3, 0.4) is 0 Å². The van der Waals surface area contributed by atoms with E-state index in [1.54, 1.807) is 6.92 Å². The zero-order valence-electron chi connectivity index (χ0n) is 10.7. The predicted molar refractivity (Wildman–Crippen MR) is 70.6 cm³/mol. The van der Waals surface area contributed by atoms with Crippen molar-refractivity contribution < 1.29 is 4.79 Å². The monoisotopic (exact) mass is 241 g/mol. The van der Waals surface area contributed by atoms with E-state index < -0.39 is 0 Å². The van der Waals surface area contributed by atoms with E-state index in [-0.39, 0.29) is 5.91 Å². The molecule has 1 N–H and O–H groups in total. The third-order valence-electron chi connectivity index (χ3n) is 3.01. The highest BCUT2D eigenvalue weighted by molar-refractivity contribution is 6.05. The second-order valence-corrected chi connectivity index (χ2v) is 4.22. The average Bonchev–Trinajstić information content (AvgIpc) is 2.35. The van der Waals surface area contributed by atoms with Gasteiger partial charge in [0.05, 0.1) is 11.3 Å². The minimum Gasteiger partial charge on any atom is -0.322 e. The second-order valence-electron chi connectivity index (χ2n) is 4.22. The molecule has 0 unspecified atom stereocenters. The number of benzene rings is 1. The highest BCUT2D eigenvalue weighted by atomic mass is 16.1. The molecule has 1 aromatic carbocycles. The van der Waals surface area contributed by atoms with E-state index >= 15 is 0 Å². The van der Waals surface area contributed by atoms with Crippen molar-refractivity contribution in [1.82, 2.24) is 9.97 Å². The normalized spacial score (nSPS) is 10.2. The van der Waals surface area contributed by atoms with E-state index in [1.165, 1.54) is 12.5 Å². The molecule has 0 aliphatic heterocycles. The molecule has 1 heterocycles. The number of nitrogens with zero attached hydrogens (tertiary/aromatic N) is 2. The molecule has 0 aliphatic rings. The first-order valence-electron chi connectivity index (χ1n) is 5.74. The predicted octanol–water partition coefficient (Wildman–Crippen LogP) is 2.65. The maximum Gasteiger partial charge on any atom is 0.259 e. The van der Waals surface area contributed by atoms with Gasteiger partial charge in [-0.05, 0) is 38.0 Å². The lowest BCUT2D eigenvalue weighted by Crippen LogP contribution is -2.15. The van der Waals surface area contributed by atoms with Gasteiger partial charge in [-0.2, -0.15) is 0 Å². The first-order chi connectivity index (χ1) is 8.59. The van der Waals surface area contributed by atoms with Gasteiger partial charge in [0.1, 0.15) is 6.33 Å². The van der Waals surface area contributed by atoms with Crippen LogP contribution in [0.1, 0.15) is 27.2 Å². The van der Waals surface area contributed by atoms with E-state index in [1.807, 2.05) is 32.0 Å². The lowest BCUT2D eigenvalue weighted by molar-refractivity contribution is 0.102. The number of amides is 1. The first-order valence-corrected chi connectivity index (χ1v) is 5.74. The van der Waals surface area contributed by atoms with Crippen molar-refractivity contribution in [3.8, 4) is 0 Å². The van der Waals surface area contributed by atoms with Crippen LogP contribution in [-0.4, -0.2) is 15.9 Å². The van der Waals surface area contributed by atoms with Gasteiger partial charge in [0.2, 0.25) is 0 Å². The Balaban J connectivity index is 2.27. The average molecular weight is 241 g/mol. The van der Waals surface area contributed by atoms with Gasteiger partial charge in [0, 0.05) is 11.9 Å². The molecule has 0 saturated heterocycles. The van der Waals surface area contributed by atoms with Crippen LogP contribution in [0.25, 0.3) is 0 Å². The summed E-state index contributed by atoms with van der Waals surface area (Å²) in [6.45, 7) is 5.79. The molecule has 2 aromatic rings. The lowest BCUT2D eigenvalue weighted by Gasteiger charge is -2.10. The number of nitrogens with one attached hydrogen (secondary N) is 1. The Bertz CT molecular complexity index is 593. The van der Waals surface area contributed by atoms with Crippen LogP contribution in [0.5, 0.6) is 0 Å². The van der Waals surface area contributed by atoms with Crippen molar-refractivity contribution in [1.29, 1.82) is 0 Å². The van der Waals surface area contributed by atoms with Crippen LogP contribution < -0.4 is 5.32 Å². The fourth-order valence-corrected chi connectivity index (χ4v) is 1.69. The van der Waals surface area contributed by atoms with Crippen molar-refractivity contribution in [3.05, 3.63) is 53.1 Å². The number of carbonyl (C=O) groups excluding carboxylic acids is 1. The summed E-state index contributed by atoms with van der Waals surface area (Å²) in [5.74, 6) is -0.179. The Morgan fingerprint density at radius 1 is 1.22 bits per heavy atom. The third kappa shape index (κ3) is 2.37. The molecule has 0 bridgehead atoms. The summed E-state index contributed by atoms with van der Waals surface area (Å²) in [7, 11) is 0. The Morgan fingerprint density at radius 3 is 2.72 bits per heavy atom. The summed E-state index contributed by atoms with van der Waals surface area (Å²) in [5, 5.41) is 2.89. The van der Waals surface area contributed by atoms with E-state index in [9.17, 15) is 4.79 Å². The summed E-state index contributed by atoms with van der Waals surface area (Å²) >= 11 is 0. The van der Waals surface area contributed by atoms with Gasteiger partial charge in [-0.15, -0.1) is 0 Å². The van der Waals surface area contributed by atoms with E-state index in [4.69, 9.17) is 0 Å². The van der Waals surface area contributed by atoms with Gasteiger partial charge >= 0.3 is 0 Å². The minimum absolute atomic E-state index is 0.179. The Labute approximate surface area is 106 Å². The summed E-state index contributed by atoms with van der Waals surface area (Å²) in [6.07, 6.45) is 2.97. The zero-order chi connectivity index (χ0) is 13.1. The van der Waals surface area contributed by atoms with Crippen molar-refractivity contribution in [2.75, 3.05) is 5.32 Å². The van der Waals surface area contributed by atoms with Gasteiger partial charge < -0.3 is 5.32 Å². The molecule has 0 spiro atoms. The Morgan fingerprint density at radius 2 is 2.00 bits per heavy atom. The molecule has 0 fully saturated rings.